The summed E-state index contributed by atoms with van der Waals surface area (Å²) in [5.74, 6) is -1.13. The Bertz CT molecular complexity index is 365. The molecule has 1 aliphatic heterocycles. The molecule has 0 unspecified atom stereocenters. The first-order valence-corrected chi connectivity index (χ1v) is 4.63. The predicted molar refractivity (Wildman–Crippen MR) is 42.8 cm³/mol. The predicted octanol–water partition coefficient (Wildman–Crippen LogP) is 1.85. The molecule has 6 heteroatoms. The molecule has 0 bridgehead atoms. The maximum absolute atomic E-state index is 10.8. The Morgan fingerprint density at radius 1 is 1.09 bits per heavy atom. The van der Waals surface area contributed by atoms with Crippen molar-refractivity contribution in [1.29, 1.82) is 0 Å². The minimum atomic E-state index is -0.567. The first-order chi connectivity index (χ1) is 5.18. The number of hydrogen-bond donors (Lipinski definition) is 0. The smallest absolute Gasteiger partial charge is 0.358 e. The van der Waals surface area contributed by atoms with Gasteiger partial charge in [0.15, 0.2) is 0 Å². The molecule has 0 saturated carbocycles. The number of hydrogen-bond acceptors (Lipinski definition) is 6. The minimum Gasteiger partial charge on any atom is -0.384 e. The van der Waals surface area contributed by atoms with Crippen molar-refractivity contribution in [3.8, 4) is 0 Å². The van der Waals surface area contributed by atoms with Gasteiger partial charge >= 0.3 is 11.9 Å². The maximum Gasteiger partial charge on any atom is 0.358 e. The molecular weight excluding hydrogens is 204 g/mol. The molecule has 0 saturated heterocycles. The van der Waals surface area contributed by atoms with Gasteiger partial charge in [0.05, 0.1) is 0 Å². The van der Waals surface area contributed by atoms with Gasteiger partial charge in [-0.25, -0.2) is 9.59 Å². The van der Waals surface area contributed by atoms with E-state index in [1.807, 2.05) is 0 Å². The second-order valence-electron chi connectivity index (χ2n) is 1.79. The fourth-order valence-corrected chi connectivity index (χ4v) is 3.08. The zero-order valence-electron chi connectivity index (χ0n) is 4.95. The van der Waals surface area contributed by atoms with Crippen LogP contribution in [-0.2, 0) is 4.74 Å². The van der Waals surface area contributed by atoms with Crippen molar-refractivity contribution >= 4 is 46.8 Å². The van der Waals surface area contributed by atoms with E-state index >= 15 is 0 Å². The largest absolute Gasteiger partial charge is 0.384 e. The van der Waals surface area contributed by atoms with Gasteiger partial charge in [0, 0.05) is 0 Å². The number of cyclic esters (lactones) is 2. The lowest BCUT2D eigenvalue weighted by molar-refractivity contribution is 0.0447. The van der Waals surface area contributed by atoms with E-state index in [-0.39, 0.29) is 0 Å². The third-order valence-corrected chi connectivity index (χ3v) is 3.75. The SMILES string of the molecule is O=C1OC(=O)c2sc(=S)sc21. The van der Waals surface area contributed by atoms with Crippen molar-refractivity contribution in [3.05, 3.63) is 12.9 Å². The second-order valence-corrected chi connectivity index (χ2v) is 5.01. The summed E-state index contributed by atoms with van der Waals surface area (Å²) in [6.07, 6.45) is 0. The Labute approximate surface area is 74.2 Å². The van der Waals surface area contributed by atoms with Crippen LogP contribution in [0.5, 0.6) is 0 Å². The third kappa shape index (κ3) is 0.943. The van der Waals surface area contributed by atoms with E-state index in [2.05, 4.69) is 4.74 Å². The van der Waals surface area contributed by atoms with Crippen LogP contribution in [0, 0.1) is 3.14 Å². The summed E-state index contributed by atoms with van der Waals surface area (Å²) in [4.78, 5) is 22.3. The van der Waals surface area contributed by atoms with Gasteiger partial charge in [0.25, 0.3) is 0 Å². The van der Waals surface area contributed by atoms with E-state index in [0.29, 0.717) is 12.9 Å². The average molecular weight is 204 g/mol. The first-order valence-electron chi connectivity index (χ1n) is 2.59. The molecule has 0 spiro atoms. The van der Waals surface area contributed by atoms with Crippen molar-refractivity contribution < 1.29 is 14.3 Å². The Morgan fingerprint density at radius 3 is 2.00 bits per heavy atom. The molecule has 0 fully saturated rings. The van der Waals surface area contributed by atoms with Gasteiger partial charge < -0.3 is 4.74 Å². The number of esters is 2. The number of carbonyl (C=O) groups excluding carboxylic acids is 2. The van der Waals surface area contributed by atoms with E-state index in [0.717, 1.165) is 22.7 Å². The van der Waals surface area contributed by atoms with E-state index < -0.39 is 11.9 Å². The van der Waals surface area contributed by atoms with Gasteiger partial charge in [-0.15, -0.1) is 22.7 Å². The Morgan fingerprint density at radius 2 is 1.55 bits per heavy atom. The molecule has 1 aromatic heterocycles. The van der Waals surface area contributed by atoms with Gasteiger partial charge in [-0.3, -0.25) is 0 Å². The topological polar surface area (TPSA) is 43.4 Å². The zero-order chi connectivity index (χ0) is 8.01. The fourth-order valence-electron chi connectivity index (χ4n) is 0.726. The van der Waals surface area contributed by atoms with Gasteiger partial charge in [0.1, 0.15) is 12.9 Å². The fraction of sp³-hybridized carbons (Fsp3) is 0. The van der Waals surface area contributed by atoms with Crippen molar-refractivity contribution in [2.45, 2.75) is 0 Å². The molecule has 0 N–H and O–H groups in total. The van der Waals surface area contributed by atoms with Crippen LogP contribution in [0.15, 0.2) is 0 Å². The van der Waals surface area contributed by atoms with Gasteiger partial charge in [-0.1, -0.05) is 12.2 Å². The average Bonchev–Trinajstić information content (AvgIpc) is 2.38. The molecule has 3 nitrogen and oxygen atoms in total. The summed E-state index contributed by atoms with van der Waals surface area (Å²) in [6, 6.07) is 0. The van der Waals surface area contributed by atoms with E-state index in [9.17, 15) is 9.59 Å². The van der Waals surface area contributed by atoms with Crippen LogP contribution in [0.25, 0.3) is 0 Å². The highest BCUT2D eigenvalue weighted by molar-refractivity contribution is 7.76. The molecule has 56 valence electrons. The minimum absolute atomic E-state index is 0.352. The van der Waals surface area contributed by atoms with Crippen LogP contribution in [0.3, 0.4) is 0 Å². The van der Waals surface area contributed by atoms with Crippen LogP contribution in [0.2, 0.25) is 0 Å². The Balaban J connectivity index is 2.77. The monoisotopic (exact) mass is 204 g/mol. The molecule has 0 aromatic carbocycles. The molecule has 0 aliphatic carbocycles. The summed E-state index contributed by atoms with van der Waals surface area (Å²) in [5.41, 5.74) is 0. The standard InChI is InChI=1S/C5O3S3/c6-3-1-2(4(7)8-3)11-5(9)10-1. The van der Waals surface area contributed by atoms with Crippen LogP contribution in [-0.4, -0.2) is 11.9 Å². The molecule has 0 radical (unpaired) electrons. The zero-order valence-corrected chi connectivity index (χ0v) is 7.40. The number of rotatable bonds is 0. The third-order valence-electron chi connectivity index (χ3n) is 1.13. The molecule has 0 atom stereocenters. The summed E-state index contributed by atoms with van der Waals surface area (Å²) in [5, 5.41) is 0. The van der Waals surface area contributed by atoms with E-state index in [1.165, 1.54) is 0 Å². The molecule has 1 aliphatic rings. The molecule has 1 aromatic rings. The lowest BCUT2D eigenvalue weighted by Gasteiger charge is -1.83. The Kier molecular flexibility index (Phi) is 1.41. The molecule has 11 heavy (non-hydrogen) atoms. The van der Waals surface area contributed by atoms with Crippen LogP contribution >= 0.6 is 34.9 Å². The van der Waals surface area contributed by atoms with Crippen molar-refractivity contribution in [1.82, 2.24) is 0 Å². The lowest BCUT2D eigenvalue weighted by atomic mass is 10.5. The van der Waals surface area contributed by atoms with Crippen LogP contribution in [0.4, 0.5) is 0 Å². The van der Waals surface area contributed by atoms with Crippen molar-refractivity contribution in [3.63, 3.8) is 0 Å². The van der Waals surface area contributed by atoms with E-state index in [4.69, 9.17) is 12.2 Å². The number of fused-ring (bicyclic) bond motifs is 1. The summed E-state index contributed by atoms with van der Waals surface area (Å²) in [6.45, 7) is 0. The van der Waals surface area contributed by atoms with Crippen molar-refractivity contribution in [2.24, 2.45) is 0 Å². The summed E-state index contributed by atoms with van der Waals surface area (Å²) >= 11 is 7.06. The highest BCUT2D eigenvalue weighted by Gasteiger charge is 2.32. The maximum atomic E-state index is 10.8. The summed E-state index contributed by atoms with van der Waals surface area (Å²) in [7, 11) is 0. The highest BCUT2D eigenvalue weighted by atomic mass is 32.2. The van der Waals surface area contributed by atoms with Gasteiger partial charge in [-0.2, -0.15) is 0 Å². The number of carbonyl (C=O) groups is 2. The van der Waals surface area contributed by atoms with Gasteiger partial charge in [0.2, 0.25) is 0 Å². The van der Waals surface area contributed by atoms with Gasteiger partial charge in [-0.05, 0) is 0 Å². The van der Waals surface area contributed by atoms with Crippen molar-refractivity contribution in [2.75, 3.05) is 0 Å². The normalized spacial score (nSPS) is 14.9. The first kappa shape index (κ1) is 7.08. The Hall–Kier alpha value is -0.590. The highest BCUT2D eigenvalue weighted by Crippen LogP contribution is 2.30. The molecule has 0 amide bonds. The van der Waals surface area contributed by atoms with Crippen LogP contribution in [0.1, 0.15) is 19.3 Å². The second kappa shape index (κ2) is 2.20. The van der Waals surface area contributed by atoms with Crippen LogP contribution < -0.4 is 0 Å². The molecule has 2 heterocycles. The quantitative estimate of drug-likeness (QED) is 0.367. The van der Waals surface area contributed by atoms with E-state index in [1.54, 1.807) is 0 Å². The number of ether oxygens (including phenoxy) is 1. The molecule has 2 rings (SSSR count). The lowest BCUT2D eigenvalue weighted by Crippen LogP contribution is -1.96. The molecular formula is C5O3S3. The summed E-state index contributed by atoms with van der Waals surface area (Å²) < 4.78 is 4.91.